The Balaban J connectivity index is 2.35. The summed E-state index contributed by atoms with van der Waals surface area (Å²) in [5, 5.41) is 0. The van der Waals surface area contributed by atoms with Gasteiger partial charge in [-0.15, -0.1) is 0 Å². The van der Waals surface area contributed by atoms with Gasteiger partial charge in [0.15, 0.2) is 5.78 Å². The predicted octanol–water partition coefficient (Wildman–Crippen LogP) is 2.63. The van der Waals surface area contributed by atoms with Crippen LogP contribution in [0.2, 0.25) is 0 Å². The quantitative estimate of drug-likeness (QED) is 0.697. The van der Waals surface area contributed by atoms with E-state index >= 15 is 0 Å². The Labute approximate surface area is 108 Å². The lowest BCUT2D eigenvalue weighted by Gasteiger charge is -2.12. The molecule has 0 fully saturated rings. The van der Waals surface area contributed by atoms with Gasteiger partial charge in [-0.25, -0.2) is 0 Å². The topological polar surface area (TPSA) is 43.4 Å². The summed E-state index contributed by atoms with van der Waals surface area (Å²) in [7, 11) is 0. The molecule has 18 heavy (non-hydrogen) atoms. The second-order valence-electron chi connectivity index (χ2n) is 4.72. The molecule has 0 saturated carbocycles. The molecule has 1 aromatic carbocycles. The molecule has 0 radical (unpaired) electrons. The van der Waals surface area contributed by atoms with Gasteiger partial charge in [-0.2, -0.15) is 0 Å². The molecule has 1 unspecified atom stereocenters. The van der Waals surface area contributed by atoms with Crippen LogP contribution in [0.3, 0.4) is 0 Å². The zero-order valence-electron chi connectivity index (χ0n) is 11.2. The molecule has 0 saturated heterocycles. The number of benzene rings is 1. The van der Waals surface area contributed by atoms with E-state index in [0.717, 1.165) is 5.56 Å². The fourth-order valence-electron chi connectivity index (χ4n) is 1.63. The van der Waals surface area contributed by atoms with Crippen LogP contribution >= 0.6 is 0 Å². The molecular formula is C15H20O3. The summed E-state index contributed by atoms with van der Waals surface area (Å²) in [6.45, 7) is 5.65. The summed E-state index contributed by atoms with van der Waals surface area (Å²) in [5.41, 5.74) is 1.02. The average Bonchev–Trinajstić information content (AvgIpc) is 2.38. The van der Waals surface area contributed by atoms with Gasteiger partial charge in [-0.3, -0.25) is 9.59 Å². The van der Waals surface area contributed by atoms with Crippen molar-refractivity contribution in [3.05, 3.63) is 35.9 Å². The van der Waals surface area contributed by atoms with Crippen molar-refractivity contribution in [1.29, 1.82) is 0 Å². The van der Waals surface area contributed by atoms with Crippen molar-refractivity contribution in [3.63, 3.8) is 0 Å². The van der Waals surface area contributed by atoms with E-state index in [4.69, 9.17) is 4.74 Å². The van der Waals surface area contributed by atoms with E-state index in [0.29, 0.717) is 6.61 Å². The molecule has 0 spiro atoms. The molecule has 0 heterocycles. The molecule has 1 atom stereocenters. The minimum absolute atomic E-state index is 0.00544. The number of ether oxygens (including phenoxy) is 1. The molecule has 1 aromatic rings. The monoisotopic (exact) mass is 248 g/mol. The largest absolute Gasteiger partial charge is 0.369 e. The Morgan fingerprint density at radius 2 is 1.72 bits per heavy atom. The fraction of sp³-hybridized carbons (Fsp3) is 0.467. The van der Waals surface area contributed by atoms with Crippen molar-refractivity contribution < 1.29 is 14.3 Å². The van der Waals surface area contributed by atoms with E-state index in [-0.39, 0.29) is 24.1 Å². The highest BCUT2D eigenvalue weighted by atomic mass is 16.5. The van der Waals surface area contributed by atoms with Crippen molar-refractivity contribution >= 4 is 11.6 Å². The van der Waals surface area contributed by atoms with Gasteiger partial charge in [0.1, 0.15) is 12.4 Å². The van der Waals surface area contributed by atoms with E-state index in [1.54, 1.807) is 20.8 Å². The number of carbonyl (C=O) groups excluding carboxylic acids is 2. The molecule has 3 nitrogen and oxygen atoms in total. The van der Waals surface area contributed by atoms with E-state index in [1.165, 1.54) is 0 Å². The zero-order valence-corrected chi connectivity index (χ0v) is 11.2. The highest BCUT2D eigenvalue weighted by Crippen LogP contribution is 2.08. The molecule has 0 aliphatic heterocycles. The highest BCUT2D eigenvalue weighted by molar-refractivity contribution is 6.03. The van der Waals surface area contributed by atoms with Crippen LogP contribution in [0.1, 0.15) is 26.3 Å². The summed E-state index contributed by atoms with van der Waals surface area (Å²) in [6.07, 6.45) is 0. The van der Waals surface area contributed by atoms with Gasteiger partial charge in [0.05, 0.1) is 12.5 Å². The minimum Gasteiger partial charge on any atom is -0.369 e. The number of Topliss-reactive ketones (excluding diaryl/α,β-unsaturated/α-hetero) is 2. The van der Waals surface area contributed by atoms with E-state index in [1.807, 2.05) is 30.3 Å². The Kier molecular flexibility index (Phi) is 5.72. The van der Waals surface area contributed by atoms with E-state index < -0.39 is 5.92 Å². The maximum absolute atomic E-state index is 11.7. The third-order valence-electron chi connectivity index (χ3n) is 2.83. The molecule has 0 N–H and O–H groups in total. The number of rotatable bonds is 7. The average molecular weight is 248 g/mol. The van der Waals surface area contributed by atoms with Crippen LogP contribution in [-0.4, -0.2) is 18.2 Å². The lowest BCUT2D eigenvalue weighted by molar-refractivity contribution is -0.136. The Morgan fingerprint density at radius 1 is 1.11 bits per heavy atom. The number of hydrogen-bond acceptors (Lipinski definition) is 3. The Morgan fingerprint density at radius 3 is 2.28 bits per heavy atom. The Bertz CT molecular complexity index is 395. The lowest BCUT2D eigenvalue weighted by Crippen LogP contribution is -2.28. The van der Waals surface area contributed by atoms with Crippen LogP contribution < -0.4 is 0 Å². The van der Waals surface area contributed by atoms with Gasteiger partial charge in [0.2, 0.25) is 0 Å². The third-order valence-corrected chi connectivity index (χ3v) is 2.83. The lowest BCUT2D eigenvalue weighted by atomic mass is 9.94. The molecule has 0 aromatic heterocycles. The van der Waals surface area contributed by atoms with Gasteiger partial charge >= 0.3 is 0 Å². The number of hydrogen-bond donors (Lipinski definition) is 0. The van der Waals surface area contributed by atoms with Crippen LogP contribution in [0.25, 0.3) is 0 Å². The second-order valence-corrected chi connectivity index (χ2v) is 4.72. The highest BCUT2D eigenvalue weighted by Gasteiger charge is 2.23. The number of carbonyl (C=O) groups is 2. The van der Waals surface area contributed by atoms with Crippen molar-refractivity contribution in [3.8, 4) is 0 Å². The van der Waals surface area contributed by atoms with Crippen LogP contribution in [0, 0.1) is 11.8 Å². The maximum atomic E-state index is 11.7. The summed E-state index contributed by atoms with van der Waals surface area (Å²) in [4.78, 5) is 23.4. The Hall–Kier alpha value is -1.48. The molecule has 0 aliphatic rings. The normalized spacial score (nSPS) is 12.4. The first-order valence-corrected chi connectivity index (χ1v) is 6.20. The van der Waals surface area contributed by atoms with Crippen molar-refractivity contribution in [2.45, 2.75) is 27.4 Å². The van der Waals surface area contributed by atoms with Crippen molar-refractivity contribution in [2.75, 3.05) is 6.61 Å². The summed E-state index contributed by atoms with van der Waals surface area (Å²) in [5.74, 6) is -0.855. The van der Waals surface area contributed by atoms with Gasteiger partial charge in [0.25, 0.3) is 0 Å². The van der Waals surface area contributed by atoms with Crippen LogP contribution in [0.5, 0.6) is 0 Å². The molecular weight excluding hydrogens is 228 g/mol. The zero-order chi connectivity index (χ0) is 13.5. The van der Waals surface area contributed by atoms with E-state index in [2.05, 4.69) is 0 Å². The van der Waals surface area contributed by atoms with Gasteiger partial charge in [-0.1, -0.05) is 44.2 Å². The SMILES string of the molecule is CC(C)C(=O)C(C)C(=O)COCc1ccccc1. The van der Waals surface area contributed by atoms with Gasteiger partial charge in [0, 0.05) is 5.92 Å². The minimum atomic E-state index is -0.569. The maximum Gasteiger partial charge on any atom is 0.168 e. The molecule has 0 bridgehead atoms. The second kappa shape index (κ2) is 7.07. The summed E-state index contributed by atoms with van der Waals surface area (Å²) >= 11 is 0. The van der Waals surface area contributed by atoms with Crippen LogP contribution in [0.4, 0.5) is 0 Å². The fourth-order valence-corrected chi connectivity index (χ4v) is 1.63. The molecule has 3 heteroatoms. The summed E-state index contributed by atoms with van der Waals surface area (Å²) < 4.78 is 5.33. The van der Waals surface area contributed by atoms with Gasteiger partial charge in [-0.05, 0) is 12.5 Å². The van der Waals surface area contributed by atoms with Crippen molar-refractivity contribution in [2.24, 2.45) is 11.8 Å². The molecule has 0 aliphatic carbocycles. The standard InChI is InChI=1S/C15H20O3/c1-11(2)15(17)12(3)14(16)10-18-9-13-7-5-4-6-8-13/h4-8,11-12H,9-10H2,1-3H3. The smallest absolute Gasteiger partial charge is 0.168 e. The molecule has 98 valence electrons. The van der Waals surface area contributed by atoms with Gasteiger partial charge < -0.3 is 4.74 Å². The van der Waals surface area contributed by atoms with Crippen molar-refractivity contribution in [1.82, 2.24) is 0 Å². The first kappa shape index (κ1) is 14.6. The van der Waals surface area contributed by atoms with Crippen LogP contribution in [-0.2, 0) is 20.9 Å². The first-order chi connectivity index (χ1) is 8.52. The first-order valence-electron chi connectivity index (χ1n) is 6.20. The summed E-state index contributed by atoms with van der Waals surface area (Å²) in [6, 6.07) is 9.65. The van der Waals surface area contributed by atoms with Crippen LogP contribution in [0.15, 0.2) is 30.3 Å². The molecule has 0 amide bonds. The third kappa shape index (κ3) is 4.41. The predicted molar refractivity (Wildman–Crippen MR) is 70.1 cm³/mol. The number of ketones is 2. The van der Waals surface area contributed by atoms with E-state index in [9.17, 15) is 9.59 Å². The molecule has 1 rings (SSSR count).